The largest absolute Gasteiger partial charge is 0.507 e. The van der Waals surface area contributed by atoms with Gasteiger partial charge in [-0.25, -0.2) is 0 Å². The molecule has 1 aromatic heterocycles. The fourth-order valence-electron chi connectivity index (χ4n) is 4.70. The van der Waals surface area contributed by atoms with Crippen LogP contribution in [0.5, 0.6) is 5.75 Å². The van der Waals surface area contributed by atoms with Crippen LogP contribution in [0.15, 0.2) is 72.6 Å². The van der Waals surface area contributed by atoms with Gasteiger partial charge in [0.25, 0.3) is 11.7 Å². The van der Waals surface area contributed by atoms with Crippen molar-refractivity contribution >= 4 is 23.1 Å². The fourth-order valence-corrected chi connectivity index (χ4v) is 4.70. The Morgan fingerprint density at radius 3 is 2.66 bits per heavy atom. The number of benzene rings is 2. The molecule has 7 nitrogen and oxygen atoms in total. The lowest BCUT2D eigenvalue weighted by atomic mass is 9.93. The van der Waals surface area contributed by atoms with E-state index >= 15 is 0 Å². The summed E-state index contributed by atoms with van der Waals surface area (Å²) >= 11 is 0. The number of aliphatic hydroxyl groups is 1. The minimum absolute atomic E-state index is 0.0909. The number of carbonyl (C=O) groups is 2. The molecule has 2 aromatic carbocycles. The van der Waals surface area contributed by atoms with E-state index in [2.05, 4.69) is 4.98 Å². The van der Waals surface area contributed by atoms with Crippen LogP contribution in [0, 0.1) is 0 Å². The molecular formula is C28H27N3O4. The third kappa shape index (κ3) is 4.25. The van der Waals surface area contributed by atoms with Crippen molar-refractivity contribution in [3.8, 4) is 5.75 Å². The topological polar surface area (TPSA) is 83.0 Å². The van der Waals surface area contributed by atoms with Gasteiger partial charge in [0.2, 0.25) is 0 Å². The van der Waals surface area contributed by atoms with Crippen molar-refractivity contribution < 1.29 is 19.4 Å². The summed E-state index contributed by atoms with van der Waals surface area (Å²) in [4.78, 5) is 34.2. The lowest BCUT2D eigenvalue weighted by molar-refractivity contribution is -0.140. The van der Waals surface area contributed by atoms with Crippen LogP contribution in [-0.4, -0.2) is 47.4 Å². The van der Waals surface area contributed by atoms with Crippen LogP contribution in [0.4, 0.5) is 5.69 Å². The maximum absolute atomic E-state index is 13.3. The number of carbonyl (C=O) groups excluding carboxylic acids is 2. The van der Waals surface area contributed by atoms with E-state index in [0.717, 1.165) is 41.0 Å². The Hall–Kier alpha value is -4.13. The highest BCUT2D eigenvalue weighted by molar-refractivity contribution is 6.46. The Labute approximate surface area is 204 Å². The number of ether oxygens (including phenoxy) is 1. The molecule has 1 atom stereocenters. The third-order valence-electron chi connectivity index (χ3n) is 6.52. The first-order valence-corrected chi connectivity index (χ1v) is 11.6. The molecule has 1 unspecified atom stereocenters. The summed E-state index contributed by atoms with van der Waals surface area (Å²) in [5.74, 6) is -0.715. The average molecular weight is 470 g/mol. The molecule has 0 spiro atoms. The highest BCUT2D eigenvalue weighted by Gasteiger charge is 2.46. The number of ketones is 1. The highest BCUT2D eigenvalue weighted by atomic mass is 16.5. The van der Waals surface area contributed by atoms with E-state index in [1.165, 1.54) is 4.90 Å². The standard InChI is InChI=1S/C28H27N3O4/c1-30(2)22-10-7-19(8-11-22)25-24(26(32)21-9-12-23-20(15-21)6-4-14-35-23)27(33)28(34)31(25)17-18-5-3-13-29-16-18/h3,5,7-13,15-16,25,32H,4,6,14,17H2,1-2H3/b26-24-. The van der Waals surface area contributed by atoms with Crippen LogP contribution in [0.2, 0.25) is 0 Å². The van der Waals surface area contributed by atoms with Gasteiger partial charge in [-0.1, -0.05) is 18.2 Å². The molecule has 0 saturated carbocycles. The monoisotopic (exact) mass is 469 g/mol. The minimum atomic E-state index is -0.723. The van der Waals surface area contributed by atoms with Crippen molar-refractivity contribution in [1.29, 1.82) is 0 Å². The van der Waals surface area contributed by atoms with Gasteiger partial charge in [0, 0.05) is 44.3 Å². The number of fused-ring (bicyclic) bond motifs is 1. The molecule has 3 heterocycles. The van der Waals surface area contributed by atoms with Crippen LogP contribution in [-0.2, 0) is 22.6 Å². The van der Waals surface area contributed by atoms with Crippen LogP contribution >= 0.6 is 0 Å². The summed E-state index contributed by atoms with van der Waals surface area (Å²) in [6.07, 6.45) is 5.07. The molecule has 1 fully saturated rings. The predicted molar refractivity (Wildman–Crippen MR) is 133 cm³/mol. The molecule has 7 heteroatoms. The molecule has 5 rings (SSSR count). The van der Waals surface area contributed by atoms with Gasteiger partial charge in [-0.2, -0.15) is 0 Å². The van der Waals surface area contributed by atoms with E-state index in [0.29, 0.717) is 12.2 Å². The lowest BCUT2D eigenvalue weighted by Crippen LogP contribution is -2.29. The van der Waals surface area contributed by atoms with Crippen molar-refractivity contribution in [3.05, 3.63) is 94.8 Å². The van der Waals surface area contributed by atoms with Gasteiger partial charge in [0.05, 0.1) is 18.2 Å². The summed E-state index contributed by atoms with van der Waals surface area (Å²) in [5.41, 5.74) is 4.12. The zero-order valence-corrected chi connectivity index (χ0v) is 19.8. The number of hydrogen-bond acceptors (Lipinski definition) is 6. The number of rotatable bonds is 5. The van der Waals surface area contributed by atoms with Crippen molar-refractivity contribution in [2.75, 3.05) is 25.6 Å². The Morgan fingerprint density at radius 2 is 1.94 bits per heavy atom. The molecule has 0 aliphatic carbocycles. The second-order valence-corrected chi connectivity index (χ2v) is 9.05. The number of nitrogens with zero attached hydrogens (tertiary/aromatic N) is 3. The smallest absolute Gasteiger partial charge is 0.295 e. The zero-order valence-electron chi connectivity index (χ0n) is 19.8. The Morgan fingerprint density at radius 1 is 1.14 bits per heavy atom. The first kappa shape index (κ1) is 22.7. The fraction of sp³-hybridized carbons (Fsp3) is 0.250. The SMILES string of the molecule is CN(C)c1ccc(C2/C(=C(/O)c3ccc4c(c3)CCCO4)C(=O)C(=O)N2Cc2cccnc2)cc1. The lowest BCUT2D eigenvalue weighted by Gasteiger charge is -2.26. The number of aliphatic hydroxyl groups excluding tert-OH is 1. The molecule has 1 saturated heterocycles. The number of likely N-dealkylation sites (tertiary alicyclic amines) is 1. The van der Waals surface area contributed by atoms with Crippen molar-refractivity contribution in [2.45, 2.75) is 25.4 Å². The van der Waals surface area contributed by atoms with Crippen LogP contribution in [0.25, 0.3) is 5.76 Å². The van der Waals surface area contributed by atoms with Crippen molar-refractivity contribution in [1.82, 2.24) is 9.88 Å². The maximum atomic E-state index is 13.3. The summed E-state index contributed by atoms with van der Waals surface area (Å²) in [6.45, 7) is 0.869. The Bertz CT molecular complexity index is 1300. The minimum Gasteiger partial charge on any atom is -0.507 e. The van der Waals surface area contributed by atoms with Gasteiger partial charge < -0.3 is 19.6 Å². The molecule has 1 amide bonds. The van der Waals surface area contributed by atoms with Gasteiger partial charge in [-0.15, -0.1) is 0 Å². The first-order chi connectivity index (χ1) is 16.9. The number of Topliss-reactive ketones (excluding diaryl/α,β-unsaturated/α-hetero) is 1. The van der Waals surface area contributed by atoms with Crippen LogP contribution in [0.1, 0.15) is 34.7 Å². The summed E-state index contributed by atoms with van der Waals surface area (Å²) in [5, 5.41) is 11.4. The summed E-state index contributed by atoms with van der Waals surface area (Å²) in [7, 11) is 3.90. The van der Waals surface area contributed by atoms with Crippen molar-refractivity contribution in [2.24, 2.45) is 0 Å². The molecule has 178 valence electrons. The second-order valence-electron chi connectivity index (χ2n) is 9.05. The number of aryl methyl sites for hydroxylation is 1. The number of aromatic nitrogens is 1. The van der Waals surface area contributed by atoms with Gasteiger partial charge in [-0.05, 0) is 65.9 Å². The van der Waals surface area contributed by atoms with E-state index in [4.69, 9.17) is 4.74 Å². The van der Waals surface area contributed by atoms with E-state index in [1.807, 2.05) is 61.5 Å². The molecule has 35 heavy (non-hydrogen) atoms. The third-order valence-corrected chi connectivity index (χ3v) is 6.52. The number of pyridine rings is 1. The Balaban J connectivity index is 1.62. The molecule has 2 aliphatic heterocycles. The molecule has 0 radical (unpaired) electrons. The highest BCUT2D eigenvalue weighted by Crippen LogP contribution is 2.41. The quantitative estimate of drug-likeness (QED) is 0.344. The van der Waals surface area contributed by atoms with Crippen LogP contribution in [0.3, 0.4) is 0 Å². The molecule has 1 N–H and O–H groups in total. The van der Waals surface area contributed by atoms with Crippen molar-refractivity contribution in [3.63, 3.8) is 0 Å². The van der Waals surface area contributed by atoms with Gasteiger partial charge in [0.1, 0.15) is 11.5 Å². The van der Waals surface area contributed by atoms with E-state index in [9.17, 15) is 14.7 Å². The molecule has 2 aliphatic rings. The van der Waals surface area contributed by atoms with E-state index < -0.39 is 17.7 Å². The normalized spacial score (nSPS) is 18.8. The second kappa shape index (κ2) is 9.25. The summed E-state index contributed by atoms with van der Waals surface area (Å²) < 4.78 is 5.69. The van der Waals surface area contributed by atoms with E-state index in [1.54, 1.807) is 24.5 Å². The number of anilines is 1. The zero-order chi connectivity index (χ0) is 24.5. The number of hydrogen-bond donors (Lipinski definition) is 1. The number of amides is 1. The Kier molecular flexibility index (Phi) is 5.99. The first-order valence-electron chi connectivity index (χ1n) is 11.6. The molecule has 0 bridgehead atoms. The van der Waals surface area contributed by atoms with Gasteiger partial charge in [-0.3, -0.25) is 14.6 Å². The average Bonchev–Trinajstić information content (AvgIpc) is 3.13. The molecular weight excluding hydrogens is 442 g/mol. The van der Waals surface area contributed by atoms with Gasteiger partial charge >= 0.3 is 0 Å². The van der Waals surface area contributed by atoms with E-state index in [-0.39, 0.29) is 17.9 Å². The molecule has 3 aromatic rings. The summed E-state index contributed by atoms with van der Waals surface area (Å²) in [6, 6.07) is 16.0. The predicted octanol–water partition coefficient (Wildman–Crippen LogP) is 4.09. The maximum Gasteiger partial charge on any atom is 0.295 e. The van der Waals surface area contributed by atoms with Gasteiger partial charge in [0.15, 0.2) is 0 Å². The van der Waals surface area contributed by atoms with Crippen LogP contribution < -0.4 is 9.64 Å².